The highest BCUT2D eigenvalue weighted by atomic mass is 15.2. The summed E-state index contributed by atoms with van der Waals surface area (Å²) in [5.74, 6) is 1.82. The van der Waals surface area contributed by atoms with Crippen molar-refractivity contribution in [3.05, 3.63) is 35.0 Å². The van der Waals surface area contributed by atoms with Gasteiger partial charge in [0.1, 0.15) is 5.69 Å². The third-order valence-corrected chi connectivity index (χ3v) is 6.06. The van der Waals surface area contributed by atoms with Gasteiger partial charge < -0.3 is 15.1 Å². The van der Waals surface area contributed by atoms with Crippen molar-refractivity contribution in [1.82, 2.24) is 14.9 Å². The van der Waals surface area contributed by atoms with Gasteiger partial charge in [-0.05, 0) is 63.2 Å². The number of hydrogen-bond acceptors (Lipinski definition) is 5. The van der Waals surface area contributed by atoms with Crippen molar-refractivity contribution in [3.63, 3.8) is 0 Å². The van der Waals surface area contributed by atoms with Crippen molar-refractivity contribution in [3.8, 4) is 11.4 Å². The fourth-order valence-corrected chi connectivity index (χ4v) is 4.82. The molecule has 5 heteroatoms. The molecule has 0 radical (unpaired) electrons. The molecule has 0 saturated carbocycles. The number of nitrogens with one attached hydrogen (secondary N) is 1. The van der Waals surface area contributed by atoms with E-state index < -0.39 is 0 Å². The van der Waals surface area contributed by atoms with Crippen LogP contribution in [0.25, 0.3) is 11.4 Å². The molecule has 0 unspecified atom stereocenters. The van der Waals surface area contributed by atoms with E-state index in [2.05, 4.69) is 95.9 Å². The molecule has 0 aliphatic heterocycles. The van der Waals surface area contributed by atoms with E-state index in [-0.39, 0.29) is 5.41 Å². The lowest BCUT2D eigenvalue weighted by atomic mass is 9.93. The lowest BCUT2D eigenvalue weighted by Gasteiger charge is -2.31. The quantitative estimate of drug-likeness (QED) is 0.391. The van der Waals surface area contributed by atoms with Crippen molar-refractivity contribution < 1.29 is 0 Å². The van der Waals surface area contributed by atoms with Crippen LogP contribution in [-0.4, -0.2) is 55.1 Å². The van der Waals surface area contributed by atoms with Crippen molar-refractivity contribution in [2.45, 2.75) is 74.1 Å². The van der Waals surface area contributed by atoms with Crippen LogP contribution in [-0.2, 0) is 12.8 Å². The van der Waals surface area contributed by atoms with Crippen LogP contribution >= 0.6 is 0 Å². The van der Waals surface area contributed by atoms with Gasteiger partial charge in [0, 0.05) is 31.7 Å². The zero-order valence-electron chi connectivity index (χ0n) is 22.7. The highest BCUT2D eigenvalue weighted by Crippen LogP contribution is 2.34. The molecule has 0 fully saturated rings. The standard InChI is InChI=1S/C28H47N5/c1-10-17-33(18-11-2)25-21(5)30-26(24-22(12-3)15-14-16-23(24)13-4)31-27(25)29-19-28(6,7)20-32(8)9/h14-16H,10-13,17-20H2,1-9H3,(H,29,30,31). The van der Waals surface area contributed by atoms with Gasteiger partial charge in [-0.1, -0.05) is 59.7 Å². The molecule has 0 bridgehead atoms. The summed E-state index contributed by atoms with van der Waals surface area (Å²) in [6.07, 6.45) is 4.16. The largest absolute Gasteiger partial charge is 0.368 e. The maximum Gasteiger partial charge on any atom is 0.162 e. The Morgan fingerprint density at radius 1 is 0.909 bits per heavy atom. The molecule has 0 aliphatic carbocycles. The van der Waals surface area contributed by atoms with Crippen LogP contribution in [0.2, 0.25) is 0 Å². The minimum absolute atomic E-state index is 0.121. The maximum atomic E-state index is 5.21. The lowest BCUT2D eigenvalue weighted by molar-refractivity contribution is 0.254. The lowest BCUT2D eigenvalue weighted by Crippen LogP contribution is -2.35. The Kier molecular flexibility index (Phi) is 10.2. The summed E-state index contributed by atoms with van der Waals surface area (Å²) >= 11 is 0. The second-order valence-electron chi connectivity index (χ2n) is 10.2. The van der Waals surface area contributed by atoms with Crippen molar-refractivity contribution in [1.29, 1.82) is 0 Å². The third kappa shape index (κ3) is 7.17. The van der Waals surface area contributed by atoms with Gasteiger partial charge in [-0.15, -0.1) is 0 Å². The summed E-state index contributed by atoms with van der Waals surface area (Å²) in [6.45, 7) is 19.6. The predicted octanol–water partition coefficient (Wildman–Crippen LogP) is 6.20. The van der Waals surface area contributed by atoms with E-state index in [0.29, 0.717) is 0 Å². The van der Waals surface area contributed by atoms with Crippen molar-refractivity contribution in [2.24, 2.45) is 5.41 Å². The monoisotopic (exact) mass is 453 g/mol. The molecule has 1 aromatic carbocycles. The van der Waals surface area contributed by atoms with Gasteiger partial charge in [0.05, 0.1) is 5.69 Å². The molecule has 1 N–H and O–H groups in total. The SMILES string of the molecule is CCCN(CCC)c1c(C)nc(-c2c(CC)cccc2CC)nc1NCC(C)(C)CN(C)C. The molecule has 184 valence electrons. The topological polar surface area (TPSA) is 44.3 Å². The number of aryl methyl sites for hydroxylation is 3. The Morgan fingerprint density at radius 3 is 1.97 bits per heavy atom. The average Bonchev–Trinajstić information content (AvgIpc) is 2.75. The number of aromatic nitrogens is 2. The second-order valence-corrected chi connectivity index (χ2v) is 10.2. The number of rotatable bonds is 13. The molecule has 1 aromatic heterocycles. The predicted molar refractivity (Wildman–Crippen MR) is 145 cm³/mol. The van der Waals surface area contributed by atoms with Crippen LogP contribution < -0.4 is 10.2 Å². The van der Waals surface area contributed by atoms with Gasteiger partial charge in [0.15, 0.2) is 11.6 Å². The molecule has 0 spiro atoms. The van der Waals surface area contributed by atoms with Crippen molar-refractivity contribution >= 4 is 11.5 Å². The van der Waals surface area contributed by atoms with Gasteiger partial charge in [0.2, 0.25) is 0 Å². The Balaban J connectivity index is 2.63. The Bertz CT molecular complexity index is 860. The molecule has 0 atom stereocenters. The normalized spacial score (nSPS) is 11.8. The number of benzene rings is 1. The highest BCUT2D eigenvalue weighted by molar-refractivity contribution is 5.74. The number of anilines is 2. The maximum absolute atomic E-state index is 5.21. The van der Waals surface area contributed by atoms with Crippen LogP contribution in [0.1, 0.15) is 71.2 Å². The summed E-state index contributed by atoms with van der Waals surface area (Å²) < 4.78 is 0. The minimum Gasteiger partial charge on any atom is -0.368 e. The van der Waals surface area contributed by atoms with Crippen LogP contribution in [0.4, 0.5) is 11.5 Å². The summed E-state index contributed by atoms with van der Waals surface area (Å²) in [4.78, 5) is 15.0. The van der Waals surface area contributed by atoms with Gasteiger partial charge in [-0.3, -0.25) is 0 Å². The number of nitrogens with zero attached hydrogens (tertiary/aromatic N) is 4. The van der Waals surface area contributed by atoms with E-state index in [9.17, 15) is 0 Å². The zero-order valence-corrected chi connectivity index (χ0v) is 22.7. The first kappa shape index (κ1) is 27.1. The Labute approximate surface area is 203 Å². The van der Waals surface area contributed by atoms with E-state index in [1.54, 1.807) is 0 Å². The first-order valence-electron chi connectivity index (χ1n) is 12.8. The summed E-state index contributed by atoms with van der Waals surface area (Å²) in [5.41, 5.74) is 6.19. The summed E-state index contributed by atoms with van der Waals surface area (Å²) in [7, 11) is 4.27. The molecule has 2 aromatic rings. The van der Waals surface area contributed by atoms with Gasteiger partial charge in [0.25, 0.3) is 0 Å². The zero-order chi connectivity index (χ0) is 24.6. The number of hydrogen-bond donors (Lipinski definition) is 1. The fourth-order valence-electron chi connectivity index (χ4n) is 4.82. The molecule has 0 amide bonds. The summed E-state index contributed by atoms with van der Waals surface area (Å²) in [5, 5.41) is 3.76. The third-order valence-electron chi connectivity index (χ3n) is 6.06. The molecule has 2 rings (SSSR count). The van der Waals surface area contributed by atoms with Crippen LogP contribution in [0.5, 0.6) is 0 Å². The van der Waals surface area contributed by atoms with Crippen LogP contribution in [0.15, 0.2) is 18.2 Å². The van der Waals surface area contributed by atoms with Crippen LogP contribution in [0, 0.1) is 12.3 Å². The highest BCUT2D eigenvalue weighted by Gasteiger charge is 2.24. The smallest absolute Gasteiger partial charge is 0.162 e. The average molecular weight is 454 g/mol. The fraction of sp³-hybridized carbons (Fsp3) is 0.643. The Morgan fingerprint density at radius 2 is 1.48 bits per heavy atom. The first-order valence-corrected chi connectivity index (χ1v) is 12.8. The van der Waals surface area contributed by atoms with Crippen molar-refractivity contribution in [2.75, 3.05) is 50.5 Å². The van der Waals surface area contributed by atoms with E-state index in [1.165, 1.54) is 16.7 Å². The molecule has 0 aliphatic rings. The minimum atomic E-state index is 0.121. The molecular weight excluding hydrogens is 406 g/mol. The van der Waals surface area contributed by atoms with E-state index >= 15 is 0 Å². The van der Waals surface area contributed by atoms with Gasteiger partial charge in [-0.25, -0.2) is 9.97 Å². The van der Waals surface area contributed by atoms with E-state index in [1.807, 2.05) is 0 Å². The second kappa shape index (κ2) is 12.4. The van der Waals surface area contributed by atoms with E-state index in [0.717, 1.165) is 74.9 Å². The molecule has 33 heavy (non-hydrogen) atoms. The molecule has 0 saturated heterocycles. The van der Waals surface area contributed by atoms with Gasteiger partial charge in [-0.2, -0.15) is 0 Å². The Hall–Kier alpha value is -2.14. The first-order chi connectivity index (χ1) is 15.7. The van der Waals surface area contributed by atoms with Crippen LogP contribution in [0.3, 0.4) is 0 Å². The molecule has 5 nitrogen and oxygen atoms in total. The molecular formula is C28H47N5. The summed E-state index contributed by atoms with van der Waals surface area (Å²) in [6, 6.07) is 6.60. The molecule has 1 heterocycles. The van der Waals surface area contributed by atoms with E-state index in [4.69, 9.17) is 9.97 Å². The van der Waals surface area contributed by atoms with Gasteiger partial charge >= 0.3 is 0 Å².